The van der Waals surface area contributed by atoms with Crippen molar-refractivity contribution in [2.24, 2.45) is 0 Å². The molecule has 33 heavy (non-hydrogen) atoms. The smallest absolute Gasteiger partial charge is 0.200 e. The first kappa shape index (κ1) is 21.1. The monoisotopic (exact) mass is 446 g/mol. The quantitative estimate of drug-likeness (QED) is 0.382. The molecule has 0 amide bonds. The molecule has 6 heteroatoms. The lowest BCUT2D eigenvalue weighted by atomic mass is 10.0. The third-order valence-electron chi connectivity index (χ3n) is 5.70. The number of hydrogen-bond donors (Lipinski definition) is 0. The van der Waals surface area contributed by atoms with Crippen molar-refractivity contribution in [2.45, 2.75) is 26.4 Å². The minimum Gasteiger partial charge on any atom is -0.490 e. The fourth-order valence-corrected chi connectivity index (χ4v) is 3.88. The van der Waals surface area contributed by atoms with Crippen molar-refractivity contribution in [3.05, 3.63) is 88.0 Å². The predicted molar refractivity (Wildman–Crippen MR) is 124 cm³/mol. The van der Waals surface area contributed by atoms with Gasteiger partial charge in [0.15, 0.2) is 11.5 Å². The molecule has 3 aromatic carbocycles. The number of rotatable bonds is 5. The van der Waals surface area contributed by atoms with E-state index in [2.05, 4.69) is 0 Å². The fourth-order valence-electron chi connectivity index (χ4n) is 3.88. The van der Waals surface area contributed by atoms with Gasteiger partial charge < -0.3 is 18.6 Å². The molecule has 168 valence electrons. The molecule has 0 spiro atoms. The molecule has 0 fully saturated rings. The third-order valence-corrected chi connectivity index (χ3v) is 5.70. The summed E-state index contributed by atoms with van der Waals surface area (Å²) in [5.74, 6) is 1.66. The lowest BCUT2D eigenvalue weighted by Crippen LogP contribution is -2.07. The van der Waals surface area contributed by atoms with Gasteiger partial charge in [0.1, 0.15) is 30.0 Å². The molecule has 1 aromatic heterocycles. The number of aryl methyl sites for hydroxylation is 1. The van der Waals surface area contributed by atoms with Gasteiger partial charge in [-0.3, -0.25) is 4.79 Å². The van der Waals surface area contributed by atoms with Gasteiger partial charge in [-0.05, 0) is 53.4 Å². The maximum Gasteiger partial charge on any atom is 0.200 e. The summed E-state index contributed by atoms with van der Waals surface area (Å²) in [5.41, 5.74) is 3.25. The second kappa shape index (κ2) is 8.98. The van der Waals surface area contributed by atoms with Gasteiger partial charge in [0.05, 0.1) is 24.2 Å². The molecule has 2 heterocycles. The lowest BCUT2D eigenvalue weighted by molar-refractivity contribution is 0.297. The summed E-state index contributed by atoms with van der Waals surface area (Å²) in [6.07, 6.45) is 2.97. The first-order valence-corrected chi connectivity index (χ1v) is 11.0. The Balaban J connectivity index is 1.49. The average Bonchev–Trinajstić information content (AvgIpc) is 3.08. The standard InChI is InChI=1S/C27H23FO5/c1-2-18-12-21-25(14-24(18)32-15-17-4-7-20(28)8-5-17)33-16-22(27(21)29)19-6-9-23-26(13-19)31-11-3-10-30-23/h4-9,12-14,16H,2-3,10-11,15H2,1H3. The summed E-state index contributed by atoms with van der Waals surface area (Å²) in [6.45, 7) is 3.47. The number of halogens is 1. The molecule has 1 aliphatic rings. The summed E-state index contributed by atoms with van der Waals surface area (Å²) in [4.78, 5) is 13.3. The minimum absolute atomic E-state index is 0.120. The maximum absolute atomic E-state index is 13.3. The Morgan fingerprint density at radius 1 is 0.970 bits per heavy atom. The summed E-state index contributed by atoms with van der Waals surface area (Å²) in [7, 11) is 0. The SMILES string of the molecule is CCc1cc2c(=O)c(-c3ccc4c(c3)OCCCO4)coc2cc1OCc1ccc(F)cc1. The van der Waals surface area contributed by atoms with Gasteiger partial charge in [-0.2, -0.15) is 0 Å². The van der Waals surface area contributed by atoms with Gasteiger partial charge in [0.2, 0.25) is 5.43 Å². The van der Waals surface area contributed by atoms with E-state index in [4.69, 9.17) is 18.6 Å². The van der Waals surface area contributed by atoms with Crippen molar-refractivity contribution in [1.82, 2.24) is 0 Å². The van der Waals surface area contributed by atoms with Crippen LogP contribution in [0.2, 0.25) is 0 Å². The van der Waals surface area contributed by atoms with E-state index < -0.39 is 0 Å². The predicted octanol–water partition coefficient (Wildman–Crippen LogP) is 5.90. The van der Waals surface area contributed by atoms with Crippen LogP contribution in [0.1, 0.15) is 24.5 Å². The van der Waals surface area contributed by atoms with Crippen molar-refractivity contribution < 1.29 is 23.0 Å². The molecule has 0 bridgehead atoms. The second-order valence-electron chi connectivity index (χ2n) is 7.92. The van der Waals surface area contributed by atoms with Crippen LogP contribution in [0.4, 0.5) is 4.39 Å². The van der Waals surface area contributed by atoms with Crippen LogP contribution in [-0.2, 0) is 13.0 Å². The number of hydrogen-bond acceptors (Lipinski definition) is 5. The second-order valence-corrected chi connectivity index (χ2v) is 7.92. The molecule has 5 rings (SSSR count). The van der Waals surface area contributed by atoms with Crippen molar-refractivity contribution >= 4 is 11.0 Å². The van der Waals surface area contributed by atoms with E-state index in [0.29, 0.717) is 59.0 Å². The van der Waals surface area contributed by atoms with Crippen molar-refractivity contribution in [1.29, 1.82) is 0 Å². The highest BCUT2D eigenvalue weighted by molar-refractivity contribution is 5.84. The molecule has 0 radical (unpaired) electrons. The number of fused-ring (bicyclic) bond motifs is 2. The fraction of sp³-hybridized carbons (Fsp3) is 0.222. The van der Waals surface area contributed by atoms with Crippen LogP contribution in [0.25, 0.3) is 22.1 Å². The summed E-state index contributed by atoms with van der Waals surface area (Å²) < 4.78 is 36.4. The molecular weight excluding hydrogens is 423 g/mol. The van der Waals surface area contributed by atoms with E-state index in [9.17, 15) is 9.18 Å². The Morgan fingerprint density at radius 3 is 2.55 bits per heavy atom. The van der Waals surface area contributed by atoms with E-state index >= 15 is 0 Å². The highest BCUT2D eigenvalue weighted by Gasteiger charge is 2.16. The third kappa shape index (κ3) is 4.29. The van der Waals surface area contributed by atoms with E-state index in [1.165, 1.54) is 18.4 Å². The summed E-state index contributed by atoms with van der Waals surface area (Å²) in [6, 6.07) is 15.2. The van der Waals surface area contributed by atoms with Crippen LogP contribution in [0, 0.1) is 5.82 Å². The molecule has 0 atom stereocenters. The number of benzene rings is 3. The van der Waals surface area contributed by atoms with E-state index in [1.807, 2.05) is 31.2 Å². The van der Waals surface area contributed by atoms with Gasteiger partial charge in [-0.1, -0.05) is 25.1 Å². The molecule has 0 aliphatic carbocycles. The first-order valence-electron chi connectivity index (χ1n) is 11.0. The van der Waals surface area contributed by atoms with Crippen molar-refractivity contribution in [3.63, 3.8) is 0 Å². The van der Waals surface area contributed by atoms with E-state index in [-0.39, 0.29) is 17.9 Å². The summed E-state index contributed by atoms with van der Waals surface area (Å²) >= 11 is 0. The molecule has 4 aromatic rings. The van der Waals surface area contributed by atoms with Crippen molar-refractivity contribution in [2.75, 3.05) is 13.2 Å². The van der Waals surface area contributed by atoms with E-state index in [1.54, 1.807) is 18.2 Å². The van der Waals surface area contributed by atoms with Crippen LogP contribution < -0.4 is 19.6 Å². The highest BCUT2D eigenvalue weighted by Crippen LogP contribution is 2.34. The average molecular weight is 446 g/mol. The lowest BCUT2D eigenvalue weighted by Gasteiger charge is -2.13. The number of ether oxygens (including phenoxy) is 3. The molecule has 1 aliphatic heterocycles. The molecular formula is C27H23FO5. The van der Waals surface area contributed by atoms with E-state index in [0.717, 1.165) is 17.5 Å². The Bertz CT molecular complexity index is 1360. The molecule has 0 N–H and O–H groups in total. The maximum atomic E-state index is 13.3. The van der Waals surface area contributed by atoms with Gasteiger partial charge in [-0.25, -0.2) is 4.39 Å². The Morgan fingerprint density at radius 2 is 1.76 bits per heavy atom. The molecule has 0 unspecified atom stereocenters. The topological polar surface area (TPSA) is 57.9 Å². The first-order chi connectivity index (χ1) is 16.1. The van der Waals surface area contributed by atoms with Crippen LogP contribution in [0.3, 0.4) is 0 Å². The molecule has 0 saturated carbocycles. The van der Waals surface area contributed by atoms with Crippen LogP contribution in [0.15, 0.2) is 70.1 Å². The van der Waals surface area contributed by atoms with Crippen LogP contribution >= 0.6 is 0 Å². The summed E-state index contributed by atoms with van der Waals surface area (Å²) in [5, 5.41) is 0.491. The van der Waals surface area contributed by atoms with Gasteiger partial charge in [0.25, 0.3) is 0 Å². The normalized spacial score (nSPS) is 13.0. The minimum atomic E-state index is -0.287. The Labute approximate surface area is 190 Å². The molecule has 0 saturated heterocycles. The van der Waals surface area contributed by atoms with Crippen LogP contribution in [0.5, 0.6) is 17.2 Å². The van der Waals surface area contributed by atoms with Gasteiger partial charge in [-0.15, -0.1) is 0 Å². The zero-order valence-corrected chi connectivity index (χ0v) is 18.2. The van der Waals surface area contributed by atoms with Crippen molar-refractivity contribution in [3.8, 4) is 28.4 Å². The highest BCUT2D eigenvalue weighted by atomic mass is 19.1. The Kier molecular flexibility index (Phi) is 5.73. The molecule has 5 nitrogen and oxygen atoms in total. The van der Waals surface area contributed by atoms with Gasteiger partial charge >= 0.3 is 0 Å². The van der Waals surface area contributed by atoms with Crippen LogP contribution in [-0.4, -0.2) is 13.2 Å². The Hall–Kier alpha value is -3.80. The zero-order valence-electron chi connectivity index (χ0n) is 18.2. The zero-order chi connectivity index (χ0) is 22.8. The largest absolute Gasteiger partial charge is 0.490 e. The van der Waals surface area contributed by atoms with Gasteiger partial charge in [0, 0.05) is 12.5 Å².